The van der Waals surface area contributed by atoms with Crippen molar-refractivity contribution >= 4 is 46.3 Å². The van der Waals surface area contributed by atoms with Gasteiger partial charge in [0.05, 0.1) is 35.0 Å². The van der Waals surface area contributed by atoms with E-state index in [1.54, 1.807) is 40.9 Å². The average molecular weight is 479 g/mol. The summed E-state index contributed by atoms with van der Waals surface area (Å²) in [5.74, 6) is 0.377. The Hall–Kier alpha value is -3.75. The maximum atomic E-state index is 13.6. The first-order valence-electron chi connectivity index (χ1n) is 9.80. The fraction of sp³-hybridized carbons (Fsp3) is 0.0417. The number of nitro groups is 1. The van der Waals surface area contributed by atoms with Crippen molar-refractivity contribution in [1.82, 2.24) is 0 Å². The van der Waals surface area contributed by atoms with Gasteiger partial charge >= 0.3 is 0 Å². The molecule has 0 aliphatic carbocycles. The maximum absolute atomic E-state index is 13.6. The number of rotatable bonds is 4. The van der Waals surface area contributed by atoms with Crippen LogP contribution in [0.1, 0.15) is 10.6 Å². The van der Waals surface area contributed by atoms with Crippen molar-refractivity contribution in [2.24, 2.45) is 0 Å². The lowest BCUT2D eigenvalue weighted by atomic mass is 10.1. The summed E-state index contributed by atoms with van der Waals surface area (Å²) in [5.41, 5.74) is 1.80. The highest BCUT2D eigenvalue weighted by molar-refractivity contribution is 7.99. The average Bonchev–Trinajstić information content (AvgIpc) is 3.32. The number of anilines is 2. The minimum Gasteiger partial charge on any atom is -0.496 e. The molecule has 0 saturated carbocycles. The molecule has 0 saturated heterocycles. The van der Waals surface area contributed by atoms with E-state index >= 15 is 0 Å². The molecule has 7 nitrogen and oxygen atoms in total. The number of benzene rings is 3. The molecule has 3 aromatic carbocycles. The van der Waals surface area contributed by atoms with Gasteiger partial charge in [0.15, 0.2) is 5.76 Å². The Morgan fingerprint density at radius 2 is 1.82 bits per heavy atom. The van der Waals surface area contributed by atoms with Gasteiger partial charge in [-0.2, -0.15) is 0 Å². The summed E-state index contributed by atoms with van der Waals surface area (Å²) in [6, 6.07) is 20.4. The zero-order chi connectivity index (χ0) is 23.1. The van der Waals surface area contributed by atoms with Gasteiger partial charge in [-0.15, -0.1) is 0 Å². The Morgan fingerprint density at radius 1 is 1.03 bits per heavy atom. The molecule has 0 radical (unpaired) electrons. The van der Waals surface area contributed by atoms with E-state index in [4.69, 9.17) is 20.8 Å². The van der Waals surface area contributed by atoms with Crippen LogP contribution >= 0.6 is 23.4 Å². The van der Waals surface area contributed by atoms with Crippen LogP contribution in [0.3, 0.4) is 0 Å². The smallest absolute Gasteiger partial charge is 0.298 e. The second kappa shape index (κ2) is 8.31. The first kappa shape index (κ1) is 21.1. The van der Waals surface area contributed by atoms with Gasteiger partial charge < -0.3 is 9.15 Å². The number of nitro benzene ring substituents is 1. The second-order valence-corrected chi connectivity index (χ2v) is 8.65. The Labute approximate surface area is 197 Å². The summed E-state index contributed by atoms with van der Waals surface area (Å²) < 4.78 is 11.2. The first-order chi connectivity index (χ1) is 16.0. The Bertz CT molecular complexity index is 1420. The molecule has 33 heavy (non-hydrogen) atoms. The Morgan fingerprint density at radius 3 is 2.61 bits per heavy atom. The van der Waals surface area contributed by atoms with E-state index in [-0.39, 0.29) is 23.1 Å². The number of nitrogens with zero attached hydrogens (tertiary/aromatic N) is 2. The number of carbonyl (C=O) groups is 1. The predicted octanol–water partition coefficient (Wildman–Crippen LogP) is 6.96. The van der Waals surface area contributed by atoms with E-state index in [1.807, 2.05) is 30.3 Å². The molecule has 5 rings (SSSR count). The summed E-state index contributed by atoms with van der Waals surface area (Å²) in [5, 5.41) is 11.6. The highest BCUT2D eigenvalue weighted by Crippen LogP contribution is 2.49. The predicted molar refractivity (Wildman–Crippen MR) is 126 cm³/mol. The third kappa shape index (κ3) is 3.73. The number of halogens is 1. The molecule has 1 aromatic heterocycles. The van der Waals surface area contributed by atoms with Crippen molar-refractivity contribution in [2.75, 3.05) is 12.0 Å². The van der Waals surface area contributed by atoms with Crippen LogP contribution in [0.4, 0.5) is 17.1 Å². The zero-order valence-electron chi connectivity index (χ0n) is 17.2. The molecule has 0 bridgehead atoms. The van der Waals surface area contributed by atoms with Gasteiger partial charge in [0.2, 0.25) is 0 Å². The van der Waals surface area contributed by atoms with Crippen LogP contribution in [0.5, 0.6) is 5.75 Å². The molecule has 9 heteroatoms. The third-order valence-corrected chi connectivity index (χ3v) is 6.53. The van der Waals surface area contributed by atoms with E-state index < -0.39 is 4.92 Å². The van der Waals surface area contributed by atoms with Gasteiger partial charge in [-0.05, 0) is 48.5 Å². The van der Waals surface area contributed by atoms with Crippen LogP contribution < -0.4 is 9.64 Å². The standard InChI is InChI=1S/C24H15ClN2O5S/c1-31-21-13-15(27(29)30)7-8-16(21)19-9-10-20(32-19)24(28)26-17-4-2-3-5-22(17)33-23-11-6-14(25)12-18(23)26/h2-13H,1H3. The number of furan rings is 1. The molecule has 0 spiro atoms. The van der Waals surface area contributed by atoms with E-state index in [0.717, 1.165) is 15.5 Å². The molecule has 2 heterocycles. The van der Waals surface area contributed by atoms with Crippen LogP contribution in [0.15, 0.2) is 87.0 Å². The van der Waals surface area contributed by atoms with E-state index in [0.29, 0.717) is 22.0 Å². The summed E-state index contributed by atoms with van der Waals surface area (Å²) in [6.07, 6.45) is 0. The summed E-state index contributed by atoms with van der Waals surface area (Å²) in [6.45, 7) is 0. The number of hydrogen-bond acceptors (Lipinski definition) is 6. The molecule has 1 aliphatic rings. The number of para-hydroxylation sites is 1. The summed E-state index contributed by atoms with van der Waals surface area (Å²) in [4.78, 5) is 27.6. The van der Waals surface area contributed by atoms with Crippen molar-refractivity contribution in [3.63, 3.8) is 0 Å². The monoisotopic (exact) mass is 478 g/mol. The highest BCUT2D eigenvalue weighted by atomic mass is 35.5. The lowest BCUT2D eigenvalue weighted by Gasteiger charge is -2.30. The normalized spacial score (nSPS) is 12.1. The molecule has 0 unspecified atom stereocenters. The number of ether oxygens (including phenoxy) is 1. The lowest BCUT2D eigenvalue weighted by molar-refractivity contribution is -0.384. The fourth-order valence-corrected chi connectivity index (χ4v) is 4.86. The molecule has 0 atom stereocenters. The van der Waals surface area contributed by atoms with Gasteiger partial charge in [0, 0.05) is 20.9 Å². The van der Waals surface area contributed by atoms with Crippen LogP contribution in [-0.4, -0.2) is 17.9 Å². The quantitative estimate of drug-likeness (QED) is 0.233. The van der Waals surface area contributed by atoms with Crippen LogP contribution in [0.2, 0.25) is 5.02 Å². The fourth-order valence-electron chi connectivity index (χ4n) is 3.65. The number of amides is 1. The van der Waals surface area contributed by atoms with Crippen LogP contribution in [-0.2, 0) is 0 Å². The summed E-state index contributed by atoms with van der Waals surface area (Å²) >= 11 is 7.80. The van der Waals surface area contributed by atoms with Crippen molar-refractivity contribution in [3.05, 3.63) is 93.7 Å². The molecular formula is C24H15ClN2O5S. The molecular weight excluding hydrogens is 464 g/mol. The number of carbonyl (C=O) groups excluding carboxylic acids is 1. The van der Waals surface area contributed by atoms with Crippen molar-refractivity contribution < 1.29 is 18.9 Å². The molecule has 0 fully saturated rings. The second-order valence-electron chi connectivity index (χ2n) is 7.13. The first-order valence-corrected chi connectivity index (χ1v) is 11.0. The number of non-ortho nitro benzene ring substituents is 1. The molecule has 1 amide bonds. The molecule has 164 valence electrons. The molecule has 4 aromatic rings. The number of hydrogen-bond donors (Lipinski definition) is 0. The van der Waals surface area contributed by atoms with Crippen molar-refractivity contribution in [1.29, 1.82) is 0 Å². The number of fused-ring (bicyclic) bond motifs is 2. The van der Waals surface area contributed by atoms with Gasteiger partial charge in [-0.1, -0.05) is 35.5 Å². The highest BCUT2D eigenvalue weighted by Gasteiger charge is 2.31. The lowest BCUT2D eigenvalue weighted by Crippen LogP contribution is -2.28. The third-order valence-electron chi connectivity index (χ3n) is 5.17. The minimum atomic E-state index is -0.502. The van der Waals surface area contributed by atoms with Gasteiger partial charge in [-0.3, -0.25) is 19.8 Å². The van der Waals surface area contributed by atoms with Crippen LogP contribution in [0.25, 0.3) is 11.3 Å². The van der Waals surface area contributed by atoms with E-state index in [9.17, 15) is 14.9 Å². The maximum Gasteiger partial charge on any atom is 0.298 e. The topological polar surface area (TPSA) is 85.8 Å². The molecule has 0 N–H and O–H groups in total. The minimum absolute atomic E-state index is 0.102. The van der Waals surface area contributed by atoms with Crippen molar-refractivity contribution in [2.45, 2.75) is 9.79 Å². The van der Waals surface area contributed by atoms with Gasteiger partial charge in [0.25, 0.3) is 11.6 Å². The number of methoxy groups -OCH3 is 1. The summed E-state index contributed by atoms with van der Waals surface area (Å²) in [7, 11) is 1.42. The van der Waals surface area contributed by atoms with E-state index in [1.165, 1.54) is 25.3 Å². The van der Waals surface area contributed by atoms with E-state index in [2.05, 4.69) is 0 Å². The van der Waals surface area contributed by atoms with Gasteiger partial charge in [0.1, 0.15) is 11.5 Å². The van der Waals surface area contributed by atoms with Gasteiger partial charge in [-0.25, -0.2) is 0 Å². The molecule has 1 aliphatic heterocycles. The largest absolute Gasteiger partial charge is 0.496 e. The van der Waals surface area contributed by atoms with Crippen molar-refractivity contribution in [3.8, 4) is 17.1 Å². The SMILES string of the molecule is COc1cc([N+](=O)[O-])ccc1-c1ccc(C(=O)N2c3ccccc3Sc3ccc(Cl)cc32)o1. The van der Waals surface area contributed by atoms with Crippen LogP contribution in [0, 0.1) is 10.1 Å². The zero-order valence-corrected chi connectivity index (χ0v) is 18.7. The Kier molecular flexibility index (Phi) is 5.32. The Balaban J connectivity index is 1.57.